The second kappa shape index (κ2) is 18.9. The van der Waals surface area contributed by atoms with Gasteiger partial charge in [-0.15, -0.1) is 0 Å². The number of hydrogen-bond acceptors (Lipinski definition) is 8. The minimum Gasteiger partial charge on any atom is -0.453 e. The van der Waals surface area contributed by atoms with Crippen molar-refractivity contribution in [3.8, 4) is 11.3 Å². The summed E-state index contributed by atoms with van der Waals surface area (Å²) in [5, 5.41) is 5.47. The van der Waals surface area contributed by atoms with Crippen LogP contribution in [-0.4, -0.2) is 93.1 Å². The Morgan fingerprint density at radius 3 is 1.58 bits per heavy atom. The molecule has 0 spiro atoms. The summed E-state index contributed by atoms with van der Waals surface area (Å²) in [7, 11) is 2.61. The van der Waals surface area contributed by atoms with Crippen LogP contribution in [0, 0.1) is 41.4 Å². The average molecular weight is 851 g/mol. The maximum absolute atomic E-state index is 13.9. The lowest BCUT2D eigenvalue weighted by atomic mass is 9.65. The van der Waals surface area contributed by atoms with E-state index in [9.17, 15) is 19.2 Å². The van der Waals surface area contributed by atoms with E-state index in [1.807, 2.05) is 49.9 Å². The molecule has 2 aliphatic carbocycles. The molecule has 9 unspecified atom stereocenters. The largest absolute Gasteiger partial charge is 0.453 e. The van der Waals surface area contributed by atoms with Gasteiger partial charge in [0.1, 0.15) is 23.7 Å². The number of aromatic amines is 2. The van der Waals surface area contributed by atoms with Gasteiger partial charge in [0.2, 0.25) is 11.8 Å². The van der Waals surface area contributed by atoms with Crippen LogP contribution >= 0.6 is 0 Å². The van der Waals surface area contributed by atoms with E-state index in [0.717, 1.165) is 67.1 Å². The summed E-state index contributed by atoms with van der Waals surface area (Å²) in [4.78, 5) is 72.4. The van der Waals surface area contributed by atoms with E-state index >= 15 is 0 Å². The molecule has 9 atom stereocenters. The summed E-state index contributed by atoms with van der Waals surface area (Å²) in [5.41, 5.74) is 6.70. The van der Waals surface area contributed by atoms with Gasteiger partial charge in [-0.1, -0.05) is 84.9 Å². The van der Waals surface area contributed by atoms with Crippen LogP contribution < -0.4 is 10.6 Å². The maximum atomic E-state index is 13.9. The number of nitrogens with zero attached hydrogens (tertiary/aromatic N) is 4. The Hall–Kier alpha value is -5.40. The number of alkyl carbamates (subject to hydrolysis) is 2. The van der Waals surface area contributed by atoms with E-state index in [-0.39, 0.29) is 41.7 Å². The number of methoxy groups -OCH3 is 2. The molecule has 14 heteroatoms. The molecule has 2 aliphatic heterocycles. The Balaban J connectivity index is 1.13. The van der Waals surface area contributed by atoms with Crippen molar-refractivity contribution in [2.24, 2.45) is 41.4 Å². The molecule has 0 bridgehead atoms. The molecule has 3 fully saturated rings. The number of amides is 4. The molecule has 7 rings (SSSR count). The van der Waals surface area contributed by atoms with Gasteiger partial charge in [0.05, 0.1) is 50.1 Å². The van der Waals surface area contributed by atoms with E-state index in [2.05, 4.69) is 77.8 Å². The zero-order chi connectivity index (χ0) is 44.4. The van der Waals surface area contributed by atoms with Gasteiger partial charge in [-0.05, 0) is 102 Å². The minimum atomic E-state index is -0.689. The Labute approximate surface area is 366 Å². The third-order valence-electron chi connectivity index (χ3n) is 13.8. The smallest absolute Gasteiger partial charge is 0.407 e. The van der Waals surface area contributed by atoms with Crippen LogP contribution in [0.5, 0.6) is 0 Å². The van der Waals surface area contributed by atoms with Gasteiger partial charge < -0.3 is 39.9 Å². The molecule has 0 radical (unpaired) electrons. The number of aromatic nitrogens is 4. The van der Waals surface area contributed by atoms with Crippen LogP contribution in [-0.2, 0) is 19.1 Å². The number of allylic oxidation sites excluding steroid dienone is 4. The van der Waals surface area contributed by atoms with Gasteiger partial charge in [0.25, 0.3) is 0 Å². The highest BCUT2D eigenvalue weighted by atomic mass is 16.5. The highest BCUT2D eigenvalue weighted by Gasteiger charge is 2.43. The first-order valence-corrected chi connectivity index (χ1v) is 22.6. The Bertz CT molecular complexity index is 2150. The number of rotatable bonds is 11. The lowest BCUT2D eigenvalue weighted by molar-refractivity contribution is -0.136. The van der Waals surface area contributed by atoms with Crippen molar-refractivity contribution in [1.29, 1.82) is 0 Å². The zero-order valence-corrected chi connectivity index (χ0v) is 37.9. The Kier molecular flexibility index (Phi) is 13.6. The molecule has 1 saturated carbocycles. The highest BCUT2D eigenvalue weighted by Crippen LogP contribution is 2.53. The minimum absolute atomic E-state index is 0.106. The fourth-order valence-corrected chi connectivity index (χ4v) is 10.9. The monoisotopic (exact) mass is 851 g/mol. The molecule has 4 aliphatic rings. The fraction of sp³-hybridized carbons (Fsp3) is 0.583. The van der Waals surface area contributed by atoms with E-state index < -0.39 is 24.3 Å². The number of hydrogen-bond donors (Lipinski definition) is 4. The average Bonchev–Trinajstić information content (AvgIpc) is 4.10. The van der Waals surface area contributed by atoms with Crippen molar-refractivity contribution in [3.05, 3.63) is 71.7 Å². The molecule has 14 nitrogen and oxygen atoms in total. The lowest BCUT2D eigenvalue weighted by Gasteiger charge is -2.39. The van der Waals surface area contributed by atoms with Crippen molar-refractivity contribution >= 4 is 35.1 Å². The second-order valence-corrected chi connectivity index (χ2v) is 18.9. The topological polar surface area (TPSA) is 175 Å². The summed E-state index contributed by atoms with van der Waals surface area (Å²) in [6, 6.07) is 6.97. The van der Waals surface area contributed by atoms with Crippen molar-refractivity contribution in [2.45, 2.75) is 111 Å². The van der Waals surface area contributed by atoms with Crippen LogP contribution in [0.15, 0.2) is 48.8 Å². The maximum Gasteiger partial charge on any atom is 0.407 e. The predicted molar refractivity (Wildman–Crippen MR) is 238 cm³/mol. The third-order valence-corrected chi connectivity index (χ3v) is 13.8. The van der Waals surface area contributed by atoms with E-state index in [0.29, 0.717) is 36.8 Å². The summed E-state index contributed by atoms with van der Waals surface area (Å²) in [6.07, 6.45) is 12.7. The predicted octanol–water partition coefficient (Wildman–Crippen LogP) is 8.30. The molecule has 4 heterocycles. The van der Waals surface area contributed by atoms with Crippen LogP contribution in [0.2, 0.25) is 0 Å². The van der Waals surface area contributed by atoms with Gasteiger partial charge in [-0.25, -0.2) is 19.6 Å². The van der Waals surface area contributed by atoms with Gasteiger partial charge in [-0.2, -0.15) is 0 Å². The molecule has 4 N–H and O–H groups in total. The number of H-pyrrole nitrogens is 2. The second-order valence-electron chi connectivity index (χ2n) is 18.9. The quantitative estimate of drug-likeness (QED) is 0.149. The van der Waals surface area contributed by atoms with Crippen molar-refractivity contribution in [1.82, 2.24) is 40.4 Å². The molecular formula is C48H66N8O6. The molecule has 1 aromatic carbocycles. The molecule has 4 amide bonds. The van der Waals surface area contributed by atoms with Crippen LogP contribution in [0.1, 0.15) is 122 Å². The van der Waals surface area contributed by atoms with Crippen LogP contribution in [0.3, 0.4) is 0 Å². The number of imidazole rings is 2. The summed E-state index contributed by atoms with van der Waals surface area (Å²) < 4.78 is 9.63. The normalized spacial score (nSPS) is 26.0. The number of nitrogens with one attached hydrogen (secondary N) is 4. The standard InChI is InChI=1S/C48H66N8O6/c1-26(2)41(53-47(59)61-8)45(57)55-20-10-12-37(55)43-49-24-35(51-43)32-16-14-31(15-17-32)33-18-19-34(40-30(7)23-28(5)22-29(6)39(33)40)36-25-50-44(52-36)38-13-11-21-56(38)46(58)42(27(3)4)54-48(60)62-9/h14-19,24-30,37-42H,10-13,20-23H2,1-9H3,(H,49,51)(H,50,52)(H,53,59)(H,54,60). The SMILES string of the molecule is COC(=O)NC(C(=O)N1CCCC1c1ncc(C2=CC=C(c3ccc(-c4cnc(C5CCCN5C(=O)C(NC(=O)OC)C(C)C)[nH]4)cc3)C3C(C)CC(C)CC(C)C23)[nH]1)C(C)C. The molecule has 62 heavy (non-hydrogen) atoms. The van der Waals surface area contributed by atoms with Crippen LogP contribution in [0.25, 0.3) is 22.4 Å². The fourth-order valence-electron chi connectivity index (χ4n) is 10.9. The first-order chi connectivity index (χ1) is 29.7. The molecule has 334 valence electrons. The first-order valence-electron chi connectivity index (χ1n) is 22.6. The van der Waals surface area contributed by atoms with Crippen molar-refractivity contribution in [3.63, 3.8) is 0 Å². The van der Waals surface area contributed by atoms with E-state index in [4.69, 9.17) is 19.4 Å². The van der Waals surface area contributed by atoms with Crippen molar-refractivity contribution in [2.75, 3.05) is 27.3 Å². The number of carbonyl (C=O) groups excluding carboxylic acids is 4. The Morgan fingerprint density at radius 1 is 0.661 bits per heavy atom. The Morgan fingerprint density at radius 2 is 1.10 bits per heavy atom. The summed E-state index contributed by atoms with van der Waals surface area (Å²) in [5.74, 6) is 3.09. The van der Waals surface area contributed by atoms with Gasteiger partial charge in [0.15, 0.2) is 0 Å². The molecule has 2 aromatic heterocycles. The molecule has 2 saturated heterocycles. The summed E-state index contributed by atoms with van der Waals surface area (Å²) >= 11 is 0. The van der Waals surface area contributed by atoms with E-state index in [1.54, 1.807) is 0 Å². The number of likely N-dealkylation sites (tertiary alicyclic amines) is 2. The first kappa shape index (κ1) is 44.6. The number of benzene rings is 1. The molecule has 3 aromatic rings. The van der Waals surface area contributed by atoms with Crippen molar-refractivity contribution < 1.29 is 28.7 Å². The lowest BCUT2D eigenvalue weighted by Crippen LogP contribution is -2.51. The van der Waals surface area contributed by atoms with Gasteiger partial charge in [-0.3, -0.25) is 9.59 Å². The number of fused-ring (bicyclic) bond motifs is 1. The third kappa shape index (κ3) is 9.06. The number of ether oxygens (including phenoxy) is 2. The van der Waals surface area contributed by atoms with E-state index in [1.165, 1.54) is 30.9 Å². The molecular weight excluding hydrogens is 785 g/mol. The van der Waals surface area contributed by atoms with Crippen LogP contribution in [0.4, 0.5) is 9.59 Å². The van der Waals surface area contributed by atoms with Gasteiger partial charge in [0, 0.05) is 13.1 Å². The zero-order valence-electron chi connectivity index (χ0n) is 37.9. The highest BCUT2D eigenvalue weighted by molar-refractivity contribution is 5.87. The summed E-state index contributed by atoms with van der Waals surface area (Å²) in [6.45, 7) is 16.1. The van der Waals surface area contributed by atoms with Gasteiger partial charge >= 0.3 is 12.2 Å². The number of carbonyl (C=O) groups is 4.